The van der Waals surface area contributed by atoms with Crippen molar-refractivity contribution in [1.82, 2.24) is 5.32 Å². The molecule has 1 aromatic carbocycles. The largest absolute Gasteiger partial charge is 0.496 e. The zero-order chi connectivity index (χ0) is 16.2. The highest BCUT2D eigenvalue weighted by Gasteiger charge is 2.39. The van der Waals surface area contributed by atoms with E-state index in [-0.39, 0.29) is 24.9 Å². The lowest BCUT2D eigenvalue weighted by Gasteiger charge is -2.35. The van der Waals surface area contributed by atoms with Crippen molar-refractivity contribution in [3.63, 3.8) is 0 Å². The fourth-order valence-electron chi connectivity index (χ4n) is 2.82. The molecule has 1 aliphatic heterocycles. The van der Waals surface area contributed by atoms with Crippen LogP contribution in [0.15, 0.2) is 18.2 Å². The summed E-state index contributed by atoms with van der Waals surface area (Å²) < 4.78 is 24.6. The first kappa shape index (κ1) is 19.7. The summed E-state index contributed by atoms with van der Waals surface area (Å²) in [6.07, 6.45) is 1.16. The molecule has 0 spiro atoms. The molecule has 0 aromatic heterocycles. The topological polar surface area (TPSA) is 73.6 Å². The Morgan fingerprint density at radius 1 is 1.48 bits per heavy atom. The van der Waals surface area contributed by atoms with E-state index in [1.165, 1.54) is 13.2 Å². The van der Waals surface area contributed by atoms with Gasteiger partial charge >= 0.3 is 0 Å². The lowest BCUT2D eigenvalue weighted by molar-refractivity contribution is -0.136. The second-order valence-corrected chi connectivity index (χ2v) is 5.65. The maximum Gasteiger partial charge on any atom is 0.228 e. The van der Waals surface area contributed by atoms with Crippen molar-refractivity contribution in [3.8, 4) is 5.75 Å². The lowest BCUT2D eigenvalue weighted by atomic mass is 9.79. The molecule has 1 aliphatic rings. The minimum Gasteiger partial charge on any atom is -0.496 e. The van der Waals surface area contributed by atoms with E-state index < -0.39 is 17.3 Å². The first-order valence-electron chi connectivity index (χ1n) is 7.45. The summed E-state index contributed by atoms with van der Waals surface area (Å²) in [5.41, 5.74) is 5.54. The number of nitrogens with two attached hydrogens (primary N) is 1. The number of amides is 1. The van der Waals surface area contributed by atoms with Gasteiger partial charge in [0.25, 0.3) is 0 Å². The number of hydrogen-bond acceptors (Lipinski definition) is 4. The minimum atomic E-state index is -0.634. The molecule has 3 N–H and O–H groups in total. The molecule has 1 fully saturated rings. The number of halogens is 2. The summed E-state index contributed by atoms with van der Waals surface area (Å²) in [6.45, 7) is 3.02. The second-order valence-electron chi connectivity index (χ2n) is 5.65. The molecule has 1 unspecified atom stereocenters. The van der Waals surface area contributed by atoms with E-state index in [4.69, 9.17) is 15.2 Å². The zero-order valence-electron chi connectivity index (χ0n) is 13.4. The number of benzene rings is 1. The van der Waals surface area contributed by atoms with E-state index in [1.54, 1.807) is 19.1 Å². The molecule has 23 heavy (non-hydrogen) atoms. The molecule has 1 saturated heterocycles. The van der Waals surface area contributed by atoms with Crippen molar-refractivity contribution < 1.29 is 18.7 Å². The first-order chi connectivity index (χ1) is 10.5. The van der Waals surface area contributed by atoms with Gasteiger partial charge in [0.2, 0.25) is 5.91 Å². The van der Waals surface area contributed by atoms with Gasteiger partial charge in [0.05, 0.1) is 24.1 Å². The summed E-state index contributed by atoms with van der Waals surface area (Å²) in [5, 5.41) is 2.88. The van der Waals surface area contributed by atoms with Gasteiger partial charge in [-0.25, -0.2) is 4.39 Å². The van der Waals surface area contributed by atoms with Crippen molar-refractivity contribution in [2.24, 2.45) is 11.1 Å². The lowest BCUT2D eigenvalue weighted by Crippen LogP contribution is -2.49. The molecule has 0 bridgehead atoms. The normalized spacial score (nSPS) is 17.7. The van der Waals surface area contributed by atoms with Crippen molar-refractivity contribution in [2.45, 2.75) is 25.8 Å². The molecular formula is C16H24ClFN2O3. The maximum atomic E-state index is 14.1. The standard InChI is InChI=1S/C16H23FN2O3.ClH/c1-11(14-12(17)4-3-5-13(14)21-2)19-15(20)16(10-18)6-8-22-9-7-16;/h3-5,11H,6-10,18H2,1-2H3,(H,19,20);1H. The predicted octanol–water partition coefficient (Wildman–Crippen LogP) is 2.19. The van der Waals surface area contributed by atoms with Gasteiger partial charge in [0.1, 0.15) is 11.6 Å². The second kappa shape index (κ2) is 8.47. The van der Waals surface area contributed by atoms with E-state index in [0.717, 1.165) is 0 Å². The minimum absolute atomic E-state index is 0. The number of carbonyl (C=O) groups excluding carboxylic acids is 1. The fourth-order valence-corrected chi connectivity index (χ4v) is 2.82. The zero-order valence-corrected chi connectivity index (χ0v) is 14.2. The van der Waals surface area contributed by atoms with Crippen molar-refractivity contribution in [2.75, 3.05) is 26.9 Å². The van der Waals surface area contributed by atoms with Gasteiger partial charge in [-0.2, -0.15) is 0 Å². The average Bonchev–Trinajstić information content (AvgIpc) is 2.54. The summed E-state index contributed by atoms with van der Waals surface area (Å²) in [6, 6.07) is 4.10. The SMILES string of the molecule is COc1cccc(F)c1C(C)NC(=O)C1(CN)CCOCC1.Cl. The van der Waals surface area contributed by atoms with Crippen LogP contribution in [0.1, 0.15) is 31.4 Å². The molecule has 0 radical (unpaired) electrons. The fraction of sp³-hybridized carbons (Fsp3) is 0.562. The third-order valence-corrected chi connectivity index (χ3v) is 4.34. The van der Waals surface area contributed by atoms with Crippen molar-refractivity contribution >= 4 is 18.3 Å². The summed E-state index contributed by atoms with van der Waals surface area (Å²) in [5.74, 6) is -0.140. The number of carbonyl (C=O) groups is 1. The molecule has 1 atom stereocenters. The third-order valence-electron chi connectivity index (χ3n) is 4.34. The molecule has 1 heterocycles. The molecule has 0 saturated carbocycles. The summed E-state index contributed by atoms with van der Waals surface area (Å²) in [4.78, 5) is 12.6. The smallest absolute Gasteiger partial charge is 0.228 e. The molecule has 0 aliphatic carbocycles. The highest BCUT2D eigenvalue weighted by atomic mass is 35.5. The van der Waals surface area contributed by atoms with Gasteiger partial charge in [0, 0.05) is 19.8 Å². The number of hydrogen-bond donors (Lipinski definition) is 2. The molecule has 2 rings (SSSR count). The Bertz CT molecular complexity index is 536. The van der Waals surface area contributed by atoms with Crippen LogP contribution >= 0.6 is 12.4 Å². The van der Waals surface area contributed by atoms with E-state index in [9.17, 15) is 9.18 Å². The molecule has 1 amide bonds. The Labute approximate surface area is 142 Å². The number of nitrogens with one attached hydrogen (secondary N) is 1. The Hall–Kier alpha value is -1.37. The maximum absolute atomic E-state index is 14.1. The Balaban J connectivity index is 0.00000264. The summed E-state index contributed by atoms with van der Waals surface area (Å²) >= 11 is 0. The molecule has 130 valence electrons. The van der Waals surface area contributed by atoms with Crippen LogP contribution in [0.5, 0.6) is 5.75 Å². The molecule has 7 heteroatoms. The van der Waals surface area contributed by atoms with Crippen LogP contribution in [0.3, 0.4) is 0 Å². The number of rotatable bonds is 5. The highest BCUT2D eigenvalue weighted by molar-refractivity contribution is 5.85. The molecular weight excluding hydrogens is 323 g/mol. The van der Waals surface area contributed by atoms with E-state index in [1.807, 2.05) is 0 Å². The monoisotopic (exact) mass is 346 g/mol. The van der Waals surface area contributed by atoms with Gasteiger partial charge in [0.15, 0.2) is 0 Å². The van der Waals surface area contributed by atoms with Crippen LogP contribution in [0.4, 0.5) is 4.39 Å². The summed E-state index contributed by atoms with van der Waals surface area (Å²) in [7, 11) is 1.48. The average molecular weight is 347 g/mol. The van der Waals surface area contributed by atoms with Crippen LogP contribution in [-0.2, 0) is 9.53 Å². The van der Waals surface area contributed by atoms with Gasteiger partial charge < -0.3 is 20.5 Å². The Kier molecular flexibility index (Phi) is 7.25. The van der Waals surface area contributed by atoms with Crippen LogP contribution in [0, 0.1) is 11.2 Å². The van der Waals surface area contributed by atoms with Gasteiger partial charge in [-0.15, -0.1) is 12.4 Å². The number of ether oxygens (including phenoxy) is 2. The van der Waals surface area contributed by atoms with Gasteiger partial charge in [-0.3, -0.25) is 4.79 Å². The highest BCUT2D eigenvalue weighted by Crippen LogP contribution is 2.32. The third kappa shape index (κ3) is 4.13. The molecule has 1 aromatic rings. The van der Waals surface area contributed by atoms with Crippen LogP contribution < -0.4 is 15.8 Å². The van der Waals surface area contributed by atoms with Crippen molar-refractivity contribution in [1.29, 1.82) is 0 Å². The first-order valence-corrected chi connectivity index (χ1v) is 7.45. The van der Waals surface area contributed by atoms with E-state index >= 15 is 0 Å². The van der Waals surface area contributed by atoms with Crippen LogP contribution in [0.2, 0.25) is 0 Å². The predicted molar refractivity (Wildman–Crippen MR) is 88.3 cm³/mol. The van der Waals surface area contributed by atoms with Crippen LogP contribution in [0.25, 0.3) is 0 Å². The van der Waals surface area contributed by atoms with E-state index in [0.29, 0.717) is 37.4 Å². The van der Waals surface area contributed by atoms with Gasteiger partial charge in [-0.1, -0.05) is 6.07 Å². The Morgan fingerprint density at radius 3 is 2.70 bits per heavy atom. The van der Waals surface area contributed by atoms with Gasteiger partial charge in [-0.05, 0) is 31.9 Å². The quantitative estimate of drug-likeness (QED) is 0.857. The van der Waals surface area contributed by atoms with Crippen LogP contribution in [-0.4, -0.2) is 32.8 Å². The van der Waals surface area contributed by atoms with E-state index in [2.05, 4.69) is 5.32 Å². The van der Waals surface area contributed by atoms with Crippen molar-refractivity contribution in [3.05, 3.63) is 29.6 Å². The molecule has 5 nitrogen and oxygen atoms in total. The Morgan fingerprint density at radius 2 is 2.13 bits per heavy atom. The number of methoxy groups -OCH3 is 1.